The van der Waals surface area contributed by atoms with E-state index in [0.29, 0.717) is 57.1 Å². The summed E-state index contributed by atoms with van der Waals surface area (Å²) in [5.74, 6) is -2.82. The van der Waals surface area contributed by atoms with E-state index in [4.69, 9.17) is 14.2 Å². The van der Waals surface area contributed by atoms with E-state index >= 15 is 0 Å². The Bertz CT molecular complexity index is 2010. The molecule has 2 aliphatic carbocycles. The van der Waals surface area contributed by atoms with E-state index in [9.17, 15) is 40.8 Å². The molecule has 3 heterocycles. The van der Waals surface area contributed by atoms with E-state index in [0.717, 1.165) is 5.39 Å². The van der Waals surface area contributed by atoms with Gasteiger partial charge in [-0.15, -0.1) is 0 Å². The maximum Gasteiger partial charge on any atom is 0.427 e. The zero-order chi connectivity index (χ0) is 40.8. The van der Waals surface area contributed by atoms with Gasteiger partial charge in [-0.1, -0.05) is 32.4 Å². The highest BCUT2D eigenvalue weighted by molar-refractivity contribution is 7.91. The minimum atomic E-state index is -4.91. The van der Waals surface area contributed by atoms with Crippen LogP contribution in [0, 0.1) is 17.8 Å². The molecule has 2 aromatic rings. The van der Waals surface area contributed by atoms with Gasteiger partial charge in [0.05, 0.1) is 18.9 Å². The Labute approximate surface area is 323 Å². The zero-order valence-electron chi connectivity index (χ0n) is 31.9. The Morgan fingerprint density at radius 3 is 2.46 bits per heavy atom. The lowest BCUT2D eigenvalue weighted by Gasteiger charge is -2.33. The van der Waals surface area contributed by atoms with E-state index in [-0.39, 0.29) is 31.2 Å². The van der Waals surface area contributed by atoms with Crippen molar-refractivity contribution in [3.8, 4) is 11.6 Å². The summed E-state index contributed by atoms with van der Waals surface area (Å²) >= 11 is 0. The normalized spacial score (nSPS) is 29.5. The highest BCUT2D eigenvalue weighted by Crippen LogP contribution is 2.46. The van der Waals surface area contributed by atoms with Crippen LogP contribution in [0.1, 0.15) is 72.6 Å². The Kier molecular flexibility index (Phi) is 11.3. The van der Waals surface area contributed by atoms with Crippen LogP contribution in [0.4, 0.5) is 18.0 Å². The maximum atomic E-state index is 14.6. The van der Waals surface area contributed by atoms with Crippen LogP contribution in [0.3, 0.4) is 0 Å². The molecule has 1 aromatic carbocycles. The molecule has 0 spiro atoms. The van der Waals surface area contributed by atoms with Gasteiger partial charge in [-0.25, -0.2) is 18.2 Å². The molecule has 4 aliphatic rings. The van der Waals surface area contributed by atoms with Gasteiger partial charge in [-0.05, 0) is 87.4 Å². The molecule has 0 unspecified atom stereocenters. The fraction of sp³-hybridized carbons (Fsp3) is 0.605. The molecular weight excluding hydrogens is 760 g/mol. The summed E-state index contributed by atoms with van der Waals surface area (Å²) in [7, 11) is -2.45. The molecule has 1 saturated heterocycles. The molecule has 6 rings (SSSR count). The average Bonchev–Trinajstić information content (AvgIpc) is 4.05. The Morgan fingerprint density at radius 1 is 1.05 bits per heavy atom. The molecule has 0 bridgehead atoms. The predicted molar refractivity (Wildman–Crippen MR) is 197 cm³/mol. The van der Waals surface area contributed by atoms with Crippen molar-refractivity contribution >= 4 is 44.6 Å². The van der Waals surface area contributed by atoms with Crippen molar-refractivity contribution in [2.75, 3.05) is 13.7 Å². The van der Waals surface area contributed by atoms with Gasteiger partial charge in [-0.2, -0.15) is 13.2 Å². The van der Waals surface area contributed by atoms with Gasteiger partial charge in [0.1, 0.15) is 29.5 Å². The van der Waals surface area contributed by atoms with E-state index in [1.165, 1.54) is 18.2 Å². The van der Waals surface area contributed by atoms with E-state index in [2.05, 4.69) is 20.3 Å². The summed E-state index contributed by atoms with van der Waals surface area (Å²) in [6.07, 6.45) is 0.374. The molecular formula is C38H48F3N5O9S. The first-order valence-electron chi connectivity index (χ1n) is 18.8. The molecule has 2 aliphatic heterocycles. The second-order valence-electron chi connectivity index (χ2n) is 15.9. The number of fused-ring (bicyclic) bond motifs is 3. The number of amides is 4. The minimum Gasteiger partial charge on any atom is -0.497 e. The van der Waals surface area contributed by atoms with Crippen molar-refractivity contribution in [3.05, 3.63) is 42.6 Å². The highest BCUT2D eigenvalue weighted by Gasteiger charge is 2.62. The SMILES string of the molecule is COc1ccc2c(O[C@@H]3C[C@H]4C(=O)N[C@]5(C(=O)NS(=O)(=O)C6CC6)C[C@H]5/C=C\[C@H](C)CCC[C@@H](C)[C@H](NC(=O)OC(C)(C)C(F)(F)F)C(=O)N4C3)nccc2c1. The largest absolute Gasteiger partial charge is 0.497 e. The Morgan fingerprint density at radius 2 is 1.79 bits per heavy atom. The van der Waals surface area contributed by atoms with Crippen LogP contribution in [0.25, 0.3) is 10.8 Å². The first kappa shape index (κ1) is 41.0. The van der Waals surface area contributed by atoms with Crippen LogP contribution in [-0.4, -0.2) is 96.5 Å². The number of nitrogens with one attached hydrogen (secondary N) is 3. The number of pyridine rings is 1. The molecule has 7 atom stereocenters. The fourth-order valence-corrected chi connectivity index (χ4v) is 8.63. The standard InChI is InChI=1S/C38H48F3N5O9S/c1-21-7-6-8-22(2)30(43-35(50)55-36(3,4)38(39,40)41)33(48)46-20-26(54-32-28-14-11-25(53-5)17-23(28)15-16-42-32)18-29(46)31(47)44-37(19-24(37)10-9-21)34(49)45-56(51,52)27-12-13-27/h9-11,14-17,21-22,24,26-27,29-30H,6-8,12-13,18-20H2,1-5H3,(H,43,50)(H,44,47)(H,45,49)/b10-9-/t21-,22-,24-,26-,29+,30+,37-/m1/s1. The smallest absolute Gasteiger partial charge is 0.427 e. The molecule has 1 aromatic heterocycles. The number of allylic oxidation sites excluding steroid dienone is 1. The van der Waals surface area contributed by atoms with Crippen molar-refractivity contribution in [3.63, 3.8) is 0 Å². The summed E-state index contributed by atoms with van der Waals surface area (Å²) in [5, 5.41) is 5.81. The van der Waals surface area contributed by atoms with Crippen LogP contribution in [-0.2, 0) is 29.1 Å². The first-order chi connectivity index (χ1) is 26.2. The number of ether oxygens (including phenoxy) is 3. The average molecular weight is 808 g/mol. The number of methoxy groups -OCH3 is 1. The summed E-state index contributed by atoms with van der Waals surface area (Å²) in [4.78, 5) is 61.5. The number of sulfonamides is 1. The number of hydrogen-bond acceptors (Lipinski definition) is 10. The number of aromatic nitrogens is 1. The highest BCUT2D eigenvalue weighted by atomic mass is 32.2. The molecule has 0 radical (unpaired) electrons. The van der Waals surface area contributed by atoms with Crippen molar-refractivity contribution in [1.82, 2.24) is 25.2 Å². The number of benzene rings is 1. The summed E-state index contributed by atoms with van der Waals surface area (Å²) < 4.78 is 85.4. The van der Waals surface area contributed by atoms with Crippen molar-refractivity contribution in [2.45, 2.75) is 113 Å². The van der Waals surface area contributed by atoms with Crippen LogP contribution in [0.5, 0.6) is 11.6 Å². The third kappa shape index (κ3) is 8.69. The van der Waals surface area contributed by atoms with Gasteiger partial charge >= 0.3 is 12.3 Å². The third-order valence-corrected chi connectivity index (χ3v) is 13.0. The number of carbonyl (C=O) groups excluding carboxylic acids is 4. The van der Waals surface area contributed by atoms with Crippen molar-refractivity contribution in [1.29, 1.82) is 0 Å². The number of carbonyl (C=O) groups is 4. The van der Waals surface area contributed by atoms with Crippen LogP contribution in [0.15, 0.2) is 42.6 Å². The van der Waals surface area contributed by atoms with E-state index in [1.807, 2.05) is 13.0 Å². The molecule has 306 valence electrons. The number of nitrogens with zero attached hydrogens (tertiary/aromatic N) is 2. The van der Waals surface area contributed by atoms with Crippen LogP contribution in [0.2, 0.25) is 0 Å². The Balaban J connectivity index is 1.34. The first-order valence-corrected chi connectivity index (χ1v) is 20.3. The van der Waals surface area contributed by atoms with Gasteiger partial charge < -0.3 is 29.7 Å². The van der Waals surface area contributed by atoms with Crippen LogP contribution < -0.4 is 24.8 Å². The zero-order valence-corrected chi connectivity index (χ0v) is 32.7. The van der Waals surface area contributed by atoms with E-state index in [1.54, 1.807) is 37.3 Å². The van der Waals surface area contributed by atoms with Gasteiger partial charge in [0.25, 0.3) is 5.91 Å². The maximum absolute atomic E-state index is 14.6. The quantitative estimate of drug-likeness (QED) is 0.321. The lowest BCUT2D eigenvalue weighted by atomic mass is 9.92. The van der Waals surface area contributed by atoms with Crippen molar-refractivity contribution in [2.24, 2.45) is 17.8 Å². The summed E-state index contributed by atoms with van der Waals surface area (Å²) in [5.41, 5.74) is -4.50. The molecule has 14 nitrogen and oxygen atoms in total. The summed E-state index contributed by atoms with van der Waals surface area (Å²) in [6.45, 7) is 4.80. The number of hydrogen-bond donors (Lipinski definition) is 3. The lowest BCUT2D eigenvalue weighted by Crippen LogP contribution is -2.59. The number of halogens is 3. The third-order valence-electron chi connectivity index (χ3n) is 11.2. The van der Waals surface area contributed by atoms with E-state index < -0.39 is 86.4 Å². The van der Waals surface area contributed by atoms with Gasteiger partial charge in [0.2, 0.25) is 33.3 Å². The van der Waals surface area contributed by atoms with Crippen molar-refractivity contribution < 1.29 is 55.0 Å². The number of rotatable bonds is 8. The fourth-order valence-electron chi connectivity index (χ4n) is 7.27. The van der Waals surface area contributed by atoms with Gasteiger partial charge in [0.15, 0.2) is 0 Å². The van der Waals surface area contributed by atoms with Gasteiger partial charge in [-0.3, -0.25) is 19.1 Å². The Hall–Kier alpha value is -4.61. The lowest BCUT2D eigenvalue weighted by molar-refractivity contribution is -0.244. The molecule has 18 heteroatoms. The van der Waals surface area contributed by atoms with Gasteiger partial charge in [0, 0.05) is 23.9 Å². The molecule has 3 N–H and O–H groups in total. The number of alkyl carbamates (subject to hydrolysis) is 1. The molecule has 3 fully saturated rings. The predicted octanol–water partition coefficient (Wildman–Crippen LogP) is 4.52. The molecule has 56 heavy (non-hydrogen) atoms. The number of alkyl halides is 3. The topological polar surface area (TPSA) is 182 Å². The molecule has 4 amide bonds. The second kappa shape index (κ2) is 15.4. The van der Waals surface area contributed by atoms with Crippen LogP contribution >= 0.6 is 0 Å². The monoisotopic (exact) mass is 807 g/mol. The molecule has 2 saturated carbocycles. The summed E-state index contributed by atoms with van der Waals surface area (Å²) in [6, 6.07) is 4.28. The second-order valence-corrected chi connectivity index (χ2v) is 17.9. The minimum absolute atomic E-state index is 0.0240.